The molecule has 0 atom stereocenters. The molecular weight excluding hydrogens is 356 g/mol. The minimum Gasteiger partial charge on any atom is -0.450 e. The third-order valence-electron chi connectivity index (χ3n) is 4.41. The molecule has 0 saturated heterocycles. The molecule has 0 aliphatic rings. The molecule has 142 valence electrons. The molecule has 0 aliphatic heterocycles. The monoisotopic (exact) mass is 376 g/mol. The van der Waals surface area contributed by atoms with Crippen LogP contribution in [-0.2, 0) is 11.8 Å². The first-order valence-corrected chi connectivity index (χ1v) is 8.93. The van der Waals surface area contributed by atoms with Gasteiger partial charge in [0, 0.05) is 24.3 Å². The molecule has 0 fully saturated rings. The van der Waals surface area contributed by atoms with Gasteiger partial charge in [0.1, 0.15) is 5.52 Å². The van der Waals surface area contributed by atoms with Gasteiger partial charge in [0.2, 0.25) is 5.95 Å². The zero-order valence-electron chi connectivity index (χ0n) is 15.9. The maximum atomic E-state index is 11.9. The van der Waals surface area contributed by atoms with Crippen LogP contribution in [0.1, 0.15) is 12.5 Å². The van der Waals surface area contributed by atoms with Crippen molar-refractivity contribution >= 4 is 45.4 Å². The van der Waals surface area contributed by atoms with Crippen LogP contribution in [0.3, 0.4) is 0 Å². The van der Waals surface area contributed by atoms with Gasteiger partial charge < -0.3 is 14.6 Å². The highest BCUT2D eigenvalue weighted by Crippen LogP contribution is 2.29. The summed E-state index contributed by atoms with van der Waals surface area (Å²) in [6.45, 7) is 4.06. The second kappa shape index (κ2) is 7.15. The number of nitrogens with zero attached hydrogens (tertiary/aromatic N) is 4. The number of carbonyl (C=O) groups excluding carboxylic acids is 1. The van der Waals surface area contributed by atoms with Crippen molar-refractivity contribution < 1.29 is 9.53 Å². The molecule has 8 heteroatoms. The summed E-state index contributed by atoms with van der Waals surface area (Å²) in [4.78, 5) is 25.3. The smallest absolute Gasteiger partial charge is 0.411 e. The molecule has 1 amide bonds. The number of anilines is 3. The number of carbonyl (C=O) groups is 1. The normalized spacial score (nSPS) is 11.0. The largest absolute Gasteiger partial charge is 0.450 e. The molecule has 0 saturated carbocycles. The summed E-state index contributed by atoms with van der Waals surface area (Å²) in [5.74, 6) is 0.477. The molecule has 0 unspecified atom stereocenters. The molecular formula is C20H20N6O2. The van der Waals surface area contributed by atoms with Crippen molar-refractivity contribution in [2.75, 3.05) is 17.2 Å². The highest BCUT2D eigenvalue weighted by Gasteiger charge is 2.13. The van der Waals surface area contributed by atoms with Crippen molar-refractivity contribution in [3.05, 3.63) is 48.4 Å². The fraction of sp³-hybridized carbons (Fsp3) is 0.200. The van der Waals surface area contributed by atoms with Gasteiger partial charge in [0.05, 0.1) is 29.7 Å². The number of fused-ring (bicyclic) bond motifs is 2. The van der Waals surface area contributed by atoms with Gasteiger partial charge >= 0.3 is 6.09 Å². The Morgan fingerprint density at radius 1 is 1.21 bits per heavy atom. The standard InChI is InChI=1S/C20H20N6O2/c1-4-28-20(27)24-15-8-14(9-16-18(15)22-11-26(16)3)23-19-21-10-13-7-5-6-12(2)17(13)25-19/h5-11H,4H2,1-3H3,(H,24,27)(H,21,23,25). The predicted molar refractivity (Wildman–Crippen MR) is 109 cm³/mol. The van der Waals surface area contributed by atoms with Crippen LogP contribution < -0.4 is 10.6 Å². The second-order valence-corrected chi connectivity index (χ2v) is 6.42. The second-order valence-electron chi connectivity index (χ2n) is 6.42. The number of para-hydroxylation sites is 1. The van der Waals surface area contributed by atoms with E-state index < -0.39 is 6.09 Å². The number of rotatable bonds is 4. The quantitative estimate of drug-likeness (QED) is 0.556. The zero-order valence-corrected chi connectivity index (χ0v) is 15.9. The summed E-state index contributed by atoms with van der Waals surface area (Å²) < 4.78 is 6.87. The fourth-order valence-corrected chi connectivity index (χ4v) is 3.07. The number of ether oxygens (including phenoxy) is 1. The van der Waals surface area contributed by atoms with Gasteiger partial charge in [-0.3, -0.25) is 5.32 Å². The Kier molecular flexibility index (Phi) is 4.52. The molecule has 0 aliphatic carbocycles. The van der Waals surface area contributed by atoms with Gasteiger partial charge in [0.25, 0.3) is 0 Å². The van der Waals surface area contributed by atoms with Crippen molar-refractivity contribution in [2.45, 2.75) is 13.8 Å². The molecule has 2 N–H and O–H groups in total. The minimum absolute atomic E-state index is 0.291. The lowest BCUT2D eigenvalue weighted by atomic mass is 10.1. The number of amides is 1. The van der Waals surface area contributed by atoms with Crippen molar-refractivity contribution in [3.63, 3.8) is 0 Å². The molecule has 0 radical (unpaired) electrons. The summed E-state index contributed by atoms with van der Waals surface area (Å²) in [5, 5.41) is 6.95. The molecule has 2 heterocycles. The Bertz CT molecular complexity index is 1180. The van der Waals surface area contributed by atoms with Crippen molar-refractivity contribution in [2.24, 2.45) is 7.05 Å². The molecule has 2 aromatic carbocycles. The third-order valence-corrected chi connectivity index (χ3v) is 4.41. The first-order chi connectivity index (χ1) is 13.5. The van der Waals surface area contributed by atoms with Crippen molar-refractivity contribution in [1.29, 1.82) is 0 Å². The van der Waals surface area contributed by atoms with E-state index in [0.717, 1.165) is 27.7 Å². The van der Waals surface area contributed by atoms with Crippen LogP contribution in [0.25, 0.3) is 21.9 Å². The maximum Gasteiger partial charge on any atom is 0.411 e. The predicted octanol–water partition coefficient (Wildman–Crippen LogP) is 4.14. The van der Waals surface area contributed by atoms with Crippen LogP contribution in [0.2, 0.25) is 0 Å². The van der Waals surface area contributed by atoms with E-state index in [1.807, 2.05) is 42.8 Å². The minimum atomic E-state index is -0.524. The molecule has 8 nitrogen and oxygen atoms in total. The summed E-state index contributed by atoms with van der Waals surface area (Å²) in [6.07, 6.45) is 2.96. The summed E-state index contributed by atoms with van der Waals surface area (Å²) in [6, 6.07) is 9.71. The summed E-state index contributed by atoms with van der Waals surface area (Å²) in [7, 11) is 1.89. The Morgan fingerprint density at radius 3 is 2.89 bits per heavy atom. The van der Waals surface area contributed by atoms with Gasteiger partial charge in [-0.15, -0.1) is 0 Å². The topological polar surface area (TPSA) is 94.0 Å². The summed E-state index contributed by atoms with van der Waals surface area (Å²) in [5.41, 5.74) is 4.79. The van der Waals surface area contributed by atoms with E-state index in [0.29, 0.717) is 23.8 Å². The van der Waals surface area contributed by atoms with Gasteiger partial charge in [0.15, 0.2) is 0 Å². The fourth-order valence-electron chi connectivity index (χ4n) is 3.07. The number of hydrogen-bond donors (Lipinski definition) is 2. The average molecular weight is 376 g/mol. The molecule has 4 aromatic rings. The van der Waals surface area contributed by atoms with E-state index in [1.165, 1.54) is 0 Å². The van der Waals surface area contributed by atoms with Gasteiger partial charge in [-0.1, -0.05) is 18.2 Å². The summed E-state index contributed by atoms with van der Waals surface area (Å²) >= 11 is 0. The molecule has 2 aromatic heterocycles. The third kappa shape index (κ3) is 3.32. The SMILES string of the molecule is CCOC(=O)Nc1cc(Nc2ncc3cccc(C)c3n2)cc2c1ncn2C. The first kappa shape index (κ1) is 17.7. The zero-order chi connectivity index (χ0) is 19.7. The number of aromatic nitrogens is 4. The van der Waals surface area contributed by atoms with E-state index in [2.05, 4.69) is 25.6 Å². The number of hydrogen-bond acceptors (Lipinski definition) is 6. The van der Waals surface area contributed by atoms with E-state index in [-0.39, 0.29) is 0 Å². The number of aryl methyl sites for hydroxylation is 2. The maximum absolute atomic E-state index is 11.9. The Morgan fingerprint density at radius 2 is 2.07 bits per heavy atom. The lowest BCUT2D eigenvalue weighted by molar-refractivity contribution is 0.168. The lowest BCUT2D eigenvalue weighted by Crippen LogP contribution is -2.13. The average Bonchev–Trinajstić information content (AvgIpc) is 3.04. The van der Waals surface area contributed by atoms with Gasteiger partial charge in [-0.25, -0.2) is 19.7 Å². The Hall–Kier alpha value is -3.68. The van der Waals surface area contributed by atoms with E-state index in [9.17, 15) is 4.79 Å². The first-order valence-electron chi connectivity index (χ1n) is 8.93. The van der Waals surface area contributed by atoms with E-state index >= 15 is 0 Å². The Balaban J connectivity index is 1.73. The molecule has 0 bridgehead atoms. The number of nitrogens with one attached hydrogen (secondary N) is 2. The van der Waals surface area contributed by atoms with Crippen LogP contribution in [0.4, 0.5) is 22.1 Å². The van der Waals surface area contributed by atoms with E-state index in [1.54, 1.807) is 25.5 Å². The van der Waals surface area contributed by atoms with Crippen molar-refractivity contribution in [1.82, 2.24) is 19.5 Å². The Labute approximate surface area is 161 Å². The number of imidazole rings is 1. The van der Waals surface area contributed by atoms with Crippen LogP contribution in [0, 0.1) is 6.92 Å². The lowest BCUT2D eigenvalue weighted by Gasteiger charge is -2.11. The van der Waals surface area contributed by atoms with Gasteiger partial charge in [-0.2, -0.15) is 0 Å². The van der Waals surface area contributed by atoms with Gasteiger partial charge in [-0.05, 0) is 31.5 Å². The van der Waals surface area contributed by atoms with Crippen molar-refractivity contribution in [3.8, 4) is 0 Å². The van der Waals surface area contributed by atoms with Crippen LogP contribution in [-0.4, -0.2) is 32.2 Å². The van der Waals surface area contributed by atoms with Crippen LogP contribution in [0.5, 0.6) is 0 Å². The number of benzene rings is 2. The molecule has 28 heavy (non-hydrogen) atoms. The highest BCUT2D eigenvalue weighted by molar-refractivity contribution is 5.99. The molecule has 0 spiro atoms. The molecule has 4 rings (SSSR count). The highest BCUT2D eigenvalue weighted by atomic mass is 16.5. The van der Waals surface area contributed by atoms with Crippen LogP contribution in [0.15, 0.2) is 42.9 Å². The van der Waals surface area contributed by atoms with E-state index in [4.69, 9.17) is 4.74 Å². The van der Waals surface area contributed by atoms with Crippen LogP contribution >= 0.6 is 0 Å².